The van der Waals surface area contributed by atoms with Crippen LogP contribution in [0.3, 0.4) is 0 Å². The van der Waals surface area contributed by atoms with Gasteiger partial charge in [0, 0.05) is 11.1 Å². The summed E-state index contributed by atoms with van der Waals surface area (Å²) in [6.45, 7) is 6.71. The summed E-state index contributed by atoms with van der Waals surface area (Å²) in [5.74, 6) is -1.41. The Kier molecular flexibility index (Phi) is 6.10. The topological polar surface area (TPSA) is 84.5 Å². The normalized spacial score (nSPS) is 10.7. The molecule has 1 aromatic carbocycles. The van der Waals surface area contributed by atoms with Crippen LogP contribution in [0.1, 0.15) is 36.7 Å². The van der Waals surface area contributed by atoms with Gasteiger partial charge in [0.25, 0.3) is 11.8 Å². The van der Waals surface area contributed by atoms with E-state index >= 15 is 0 Å². The average Bonchev–Trinajstić information content (AvgIpc) is 2.40. The summed E-state index contributed by atoms with van der Waals surface area (Å²) < 4.78 is 4.79. The van der Waals surface area contributed by atoms with Crippen LogP contribution in [0.4, 0.5) is 0 Å². The molecule has 0 radical (unpaired) electrons. The number of carbonyl (C=O) groups excluding carboxylic acids is 3. The van der Waals surface area contributed by atoms with Gasteiger partial charge < -0.3 is 15.4 Å². The molecule has 0 aliphatic heterocycles. The molecule has 0 saturated heterocycles. The lowest BCUT2D eigenvalue weighted by Gasteiger charge is -2.20. The van der Waals surface area contributed by atoms with Gasteiger partial charge in [-0.25, -0.2) is 0 Å². The molecule has 2 amide bonds. The molecule has 0 aliphatic carbocycles. The van der Waals surface area contributed by atoms with E-state index in [1.165, 1.54) is 0 Å². The highest BCUT2D eigenvalue weighted by atomic mass is 16.5. The van der Waals surface area contributed by atoms with E-state index in [1.807, 2.05) is 33.8 Å². The first-order chi connectivity index (χ1) is 10.2. The van der Waals surface area contributed by atoms with Crippen molar-refractivity contribution < 1.29 is 19.1 Å². The van der Waals surface area contributed by atoms with Gasteiger partial charge in [0.1, 0.15) is 6.54 Å². The Morgan fingerprint density at radius 1 is 1.18 bits per heavy atom. The highest BCUT2D eigenvalue weighted by Gasteiger charge is 2.15. The molecule has 6 nitrogen and oxygen atoms in total. The van der Waals surface area contributed by atoms with Crippen LogP contribution in [0.15, 0.2) is 24.3 Å². The molecule has 0 fully saturated rings. The van der Waals surface area contributed by atoms with E-state index in [0.717, 1.165) is 5.56 Å². The summed E-state index contributed by atoms with van der Waals surface area (Å²) in [6.07, 6.45) is 0. The minimum atomic E-state index is -0.662. The number of hydrogen-bond acceptors (Lipinski definition) is 4. The zero-order chi connectivity index (χ0) is 16.8. The fourth-order valence-electron chi connectivity index (χ4n) is 1.69. The van der Waals surface area contributed by atoms with Crippen molar-refractivity contribution in [1.29, 1.82) is 0 Å². The molecule has 2 N–H and O–H groups in total. The minimum Gasteiger partial charge on any atom is -0.454 e. The van der Waals surface area contributed by atoms with E-state index in [2.05, 4.69) is 10.6 Å². The molecule has 0 bridgehead atoms. The van der Waals surface area contributed by atoms with Crippen molar-refractivity contribution in [3.05, 3.63) is 35.4 Å². The fourth-order valence-corrected chi connectivity index (χ4v) is 1.69. The molecule has 22 heavy (non-hydrogen) atoms. The van der Waals surface area contributed by atoms with Crippen molar-refractivity contribution in [1.82, 2.24) is 10.6 Å². The van der Waals surface area contributed by atoms with Crippen LogP contribution in [0, 0.1) is 6.92 Å². The molecule has 0 heterocycles. The number of benzene rings is 1. The van der Waals surface area contributed by atoms with Crippen LogP contribution >= 0.6 is 0 Å². The lowest BCUT2D eigenvalue weighted by atomic mass is 10.1. The van der Waals surface area contributed by atoms with Gasteiger partial charge in [-0.2, -0.15) is 0 Å². The van der Waals surface area contributed by atoms with Gasteiger partial charge >= 0.3 is 5.97 Å². The third-order valence-electron chi connectivity index (χ3n) is 2.55. The molecule has 0 saturated carbocycles. The largest absolute Gasteiger partial charge is 0.454 e. The Morgan fingerprint density at radius 3 is 2.45 bits per heavy atom. The molecular formula is C16H22N2O4. The van der Waals surface area contributed by atoms with Crippen LogP contribution in [0.5, 0.6) is 0 Å². The summed E-state index contributed by atoms with van der Waals surface area (Å²) in [7, 11) is 0. The number of ether oxygens (including phenoxy) is 1. The van der Waals surface area contributed by atoms with E-state index in [1.54, 1.807) is 18.2 Å². The summed E-state index contributed by atoms with van der Waals surface area (Å²) in [5, 5.41) is 5.12. The van der Waals surface area contributed by atoms with Crippen LogP contribution in [0.2, 0.25) is 0 Å². The van der Waals surface area contributed by atoms with E-state index in [4.69, 9.17) is 4.74 Å². The van der Waals surface area contributed by atoms with Gasteiger partial charge in [-0.3, -0.25) is 14.4 Å². The number of esters is 1. The molecule has 120 valence electrons. The lowest BCUT2D eigenvalue weighted by molar-refractivity contribution is -0.147. The van der Waals surface area contributed by atoms with E-state index in [0.29, 0.717) is 5.56 Å². The standard InChI is InChI=1S/C16H22N2O4/c1-11-6-5-7-12(8-11)15(21)17-9-14(20)22-10-13(19)18-16(2,3)4/h5-8H,9-10H2,1-4H3,(H,17,21)(H,18,19). The average molecular weight is 306 g/mol. The molecule has 0 atom stereocenters. The van der Waals surface area contributed by atoms with Gasteiger partial charge in [0.2, 0.25) is 0 Å². The SMILES string of the molecule is Cc1cccc(C(=O)NCC(=O)OCC(=O)NC(C)(C)C)c1. The second kappa shape index (κ2) is 7.59. The van der Waals surface area contributed by atoms with E-state index in [9.17, 15) is 14.4 Å². The summed E-state index contributed by atoms with van der Waals surface area (Å²) in [5.41, 5.74) is 1.04. The minimum absolute atomic E-state index is 0.282. The predicted octanol–water partition coefficient (Wildman–Crippen LogP) is 1.18. The Labute approximate surface area is 130 Å². The van der Waals surface area contributed by atoms with E-state index in [-0.39, 0.29) is 30.5 Å². The van der Waals surface area contributed by atoms with Crippen LogP contribution in [0.25, 0.3) is 0 Å². The molecule has 1 rings (SSSR count). The second-order valence-corrected chi connectivity index (χ2v) is 6.01. The van der Waals surface area contributed by atoms with E-state index < -0.39 is 5.97 Å². The van der Waals surface area contributed by atoms with Gasteiger partial charge in [-0.05, 0) is 39.8 Å². The van der Waals surface area contributed by atoms with Crippen LogP contribution < -0.4 is 10.6 Å². The van der Waals surface area contributed by atoms with Gasteiger partial charge in [0.15, 0.2) is 6.61 Å². The second-order valence-electron chi connectivity index (χ2n) is 6.01. The molecule has 0 spiro atoms. The number of nitrogens with one attached hydrogen (secondary N) is 2. The quantitative estimate of drug-likeness (QED) is 0.800. The van der Waals surface area contributed by atoms with Crippen molar-refractivity contribution in [3.63, 3.8) is 0 Å². The Hall–Kier alpha value is -2.37. The van der Waals surface area contributed by atoms with Crippen molar-refractivity contribution >= 4 is 17.8 Å². The van der Waals surface area contributed by atoms with Crippen molar-refractivity contribution in [2.45, 2.75) is 33.2 Å². The smallest absolute Gasteiger partial charge is 0.325 e. The summed E-state index contributed by atoms with van der Waals surface area (Å²) in [4.78, 5) is 34.8. The van der Waals surface area contributed by atoms with Gasteiger partial charge in [0.05, 0.1) is 0 Å². The molecule has 0 aromatic heterocycles. The van der Waals surface area contributed by atoms with Gasteiger partial charge in [-0.15, -0.1) is 0 Å². The molecule has 1 aromatic rings. The first-order valence-electron chi connectivity index (χ1n) is 6.99. The van der Waals surface area contributed by atoms with Crippen molar-refractivity contribution in [2.75, 3.05) is 13.2 Å². The first-order valence-corrected chi connectivity index (χ1v) is 6.99. The van der Waals surface area contributed by atoms with Crippen molar-refractivity contribution in [3.8, 4) is 0 Å². The zero-order valence-corrected chi connectivity index (χ0v) is 13.4. The number of hydrogen-bond donors (Lipinski definition) is 2. The number of rotatable bonds is 5. The Morgan fingerprint density at radius 2 is 1.86 bits per heavy atom. The maximum atomic E-state index is 11.8. The van der Waals surface area contributed by atoms with Crippen LogP contribution in [-0.2, 0) is 14.3 Å². The first kappa shape index (κ1) is 17.7. The number of aryl methyl sites for hydroxylation is 1. The highest BCUT2D eigenvalue weighted by Crippen LogP contribution is 2.03. The predicted molar refractivity (Wildman–Crippen MR) is 82.4 cm³/mol. The molecule has 0 unspecified atom stereocenters. The highest BCUT2D eigenvalue weighted by molar-refractivity contribution is 5.96. The third kappa shape index (κ3) is 6.88. The lowest BCUT2D eigenvalue weighted by Crippen LogP contribution is -2.43. The number of amides is 2. The molecule has 0 aliphatic rings. The fraction of sp³-hybridized carbons (Fsp3) is 0.438. The summed E-state index contributed by atoms with van der Waals surface area (Å²) >= 11 is 0. The molecular weight excluding hydrogens is 284 g/mol. The third-order valence-corrected chi connectivity index (χ3v) is 2.55. The molecule has 6 heteroatoms. The Bertz CT molecular complexity index is 562. The maximum Gasteiger partial charge on any atom is 0.325 e. The monoisotopic (exact) mass is 306 g/mol. The number of carbonyl (C=O) groups is 3. The zero-order valence-electron chi connectivity index (χ0n) is 13.4. The van der Waals surface area contributed by atoms with Crippen LogP contribution in [-0.4, -0.2) is 36.5 Å². The Balaban J connectivity index is 2.34. The summed E-state index contributed by atoms with van der Waals surface area (Å²) in [6, 6.07) is 7.01. The maximum absolute atomic E-state index is 11.8. The van der Waals surface area contributed by atoms with Gasteiger partial charge in [-0.1, -0.05) is 17.7 Å². The van der Waals surface area contributed by atoms with Crippen molar-refractivity contribution in [2.24, 2.45) is 0 Å².